The molecule has 1 N–H and O–H groups in total. The van der Waals surface area contributed by atoms with E-state index in [2.05, 4.69) is 17.1 Å². The zero-order valence-electron chi connectivity index (χ0n) is 19.8. The second kappa shape index (κ2) is 13.4. The van der Waals surface area contributed by atoms with Crippen LogP contribution >= 0.6 is 11.8 Å². The summed E-state index contributed by atoms with van der Waals surface area (Å²) in [5, 5.41) is 14.5. The average Bonchev–Trinajstić information content (AvgIpc) is 2.84. The zero-order valence-corrected chi connectivity index (χ0v) is 20.6. The minimum absolute atomic E-state index is 0.137. The maximum absolute atomic E-state index is 13.1. The van der Waals surface area contributed by atoms with Crippen LogP contribution in [0.1, 0.15) is 62.2 Å². The van der Waals surface area contributed by atoms with E-state index in [1.165, 1.54) is 68.5 Å². The molecule has 1 aliphatic carbocycles. The van der Waals surface area contributed by atoms with Crippen molar-refractivity contribution in [2.75, 3.05) is 26.2 Å². The molecule has 0 aliphatic heterocycles. The highest BCUT2D eigenvalue weighted by Gasteiger charge is 2.19. The van der Waals surface area contributed by atoms with Crippen LogP contribution in [-0.4, -0.2) is 41.9 Å². The molecule has 1 amide bonds. The Morgan fingerprint density at radius 1 is 1.12 bits per heavy atom. The highest BCUT2D eigenvalue weighted by atomic mass is 32.2. The highest BCUT2D eigenvalue weighted by Crippen LogP contribution is 2.35. The van der Waals surface area contributed by atoms with Crippen LogP contribution in [0.5, 0.6) is 0 Å². The summed E-state index contributed by atoms with van der Waals surface area (Å²) in [5.41, 5.74) is 0.126. The lowest BCUT2D eigenvalue weighted by atomic mass is 9.87. The SMILES string of the molecule is CCCN(CCNC(=O)c1ccc(Sc2ccc(F)cc2)c([N+](=O)[O-])c1)CCC1CCCCC1. The van der Waals surface area contributed by atoms with Crippen LogP contribution in [0.25, 0.3) is 0 Å². The first kappa shape index (κ1) is 26.2. The molecular weight excluding hydrogens is 453 g/mol. The van der Waals surface area contributed by atoms with E-state index in [9.17, 15) is 19.3 Å². The summed E-state index contributed by atoms with van der Waals surface area (Å²) in [7, 11) is 0. The standard InChI is InChI=1S/C26H34FN3O3S/c1-2-16-29(17-14-20-6-4-3-5-7-20)18-15-28-26(31)21-8-13-25(24(19-21)30(32)33)34-23-11-9-22(27)10-12-23/h8-13,19-20H,2-7,14-18H2,1H3,(H,28,31). The summed E-state index contributed by atoms with van der Waals surface area (Å²) in [4.78, 5) is 27.3. The molecule has 184 valence electrons. The lowest BCUT2D eigenvalue weighted by molar-refractivity contribution is -0.387. The van der Waals surface area contributed by atoms with Crippen molar-refractivity contribution in [2.45, 2.75) is 61.7 Å². The van der Waals surface area contributed by atoms with Gasteiger partial charge in [-0.25, -0.2) is 4.39 Å². The second-order valence-corrected chi connectivity index (χ2v) is 10.0. The molecule has 1 aliphatic rings. The quantitative estimate of drug-likeness (QED) is 0.281. The smallest absolute Gasteiger partial charge is 0.284 e. The van der Waals surface area contributed by atoms with Crippen molar-refractivity contribution >= 4 is 23.4 Å². The summed E-state index contributed by atoms with van der Waals surface area (Å²) in [5.74, 6) is 0.150. The normalized spacial score (nSPS) is 14.3. The van der Waals surface area contributed by atoms with Crippen LogP contribution in [0.15, 0.2) is 52.3 Å². The maximum Gasteiger partial charge on any atom is 0.284 e. The van der Waals surface area contributed by atoms with Crippen molar-refractivity contribution in [3.63, 3.8) is 0 Å². The Balaban J connectivity index is 1.54. The van der Waals surface area contributed by atoms with Crippen molar-refractivity contribution in [3.8, 4) is 0 Å². The molecule has 8 heteroatoms. The lowest BCUT2D eigenvalue weighted by Gasteiger charge is -2.27. The summed E-state index contributed by atoms with van der Waals surface area (Å²) < 4.78 is 13.1. The fourth-order valence-electron chi connectivity index (χ4n) is 4.44. The molecule has 6 nitrogen and oxygen atoms in total. The fraction of sp³-hybridized carbons (Fsp3) is 0.500. The Kier molecular flexibility index (Phi) is 10.3. The Morgan fingerprint density at radius 2 is 1.85 bits per heavy atom. The van der Waals surface area contributed by atoms with E-state index in [-0.39, 0.29) is 23.0 Å². The number of carbonyl (C=O) groups is 1. The summed E-state index contributed by atoms with van der Waals surface area (Å²) in [6.07, 6.45) is 9.02. The fourth-order valence-corrected chi connectivity index (χ4v) is 5.34. The number of benzene rings is 2. The number of nitrogens with one attached hydrogen (secondary N) is 1. The van der Waals surface area contributed by atoms with Gasteiger partial charge < -0.3 is 10.2 Å². The minimum atomic E-state index is -0.489. The number of hydrogen-bond acceptors (Lipinski definition) is 5. The monoisotopic (exact) mass is 487 g/mol. The van der Waals surface area contributed by atoms with E-state index in [4.69, 9.17) is 0 Å². The lowest BCUT2D eigenvalue weighted by Crippen LogP contribution is -2.36. The highest BCUT2D eigenvalue weighted by molar-refractivity contribution is 7.99. The van der Waals surface area contributed by atoms with Crippen LogP contribution in [0, 0.1) is 21.8 Å². The Hall–Kier alpha value is -2.45. The molecular formula is C26H34FN3O3S. The summed E-state index contributed by atoms with van der Waals surface area (Å²) in [6.45, 7) is 5.49. The number of amides is 1. The third-order valence-electron chi connectivity index (χ3n) is 6.29. The molecule has 0 saturated heterocycles. The first-order valence-corrected chi connectivity index (χ1v) is 13.0. The third-order valence-corrected chi connectivity index (χ3v) is 7.36. The van der Waals surface area contributed by atoms with Crippen molar-refractivity contribution < 1.29 is 14.1 Å². The van der Waals surface area contributed by atoms with Gasteiger partial charge in [-0.15, -0.1) is 0 Å². The Bertz CT molecular complexity index is 949. The van der Waals surface area contributed by atoms with Gasteiger partial charge in [0.1, 0.15) is 5.82 Å². The minimum Gasteiger partial charge on any atom is -0.351 e. The maximum atomic E-state index is 13.1. The van der Waals surface area contributed by atoms with Crippen LogP contribution in [0.3, 0.4) is 0 Å². The van der Waals surface area contributed by atoms with Gasteiger partial charge >= 0.3 is 0 Å². The number of rotatable bonds is 12. The van der Waals surface area contributed by atoms with E-state index in [0.29, 0.717) is 16.3 Å². The molecule has 0 bridgehead atoms. The molecule has 0 atom stereocenters. The van der Waals surface area contributed by atoms with Crippen molar-refractivity contribution in [3.05, 3.63) is 64.0 Å². The largest absolute Gasteiger partial charge is 0.351 e. The van der Waals surface area contributed by atoms with Gasteiger partial charge in [-0.3, -0.25) is 14.9 Å². The van der Waals surface area contributed by atoms with E-state index in [0.717, 1.165) is 32.0 Å². The third kappa shape index (κ3) is 8.09. The topological polar surface area (TPSA) is 75.5 Å². The average molecular weight is 488 g/mol. The van der Waals surface area contributed by atoms with Gasteiger partial charge in [-0.1, -0.05) is 50.8 Å². The number of nitrogens with zero attached hydrogens (tertiary/aromatic N) is 2. The Morgan fingerprint density at radius 3 is 2.53 bits per heavy atom. The van der Waals surface area contributed by atoms with Gasteiger partial charge in [0.2, 0.25) is 0 Å². The van der Waals surface area contributed by atoms with Crippen molar-refractivity contribution in [2.24, 2.45) is 5.92 Å². The van der Waals surface area contributed by atoms with E-state index < -0.39 is 4.92 Å². The number of hydrogen-bond donors (Lipinski definition) is 1. The van der Waals surface area contributed by atoms with Crippen molar-refractivity contribution in [1.82, 2.24) is 10.2 Å². The molecule has 3 rings (SSSR count). The van der Waals surface area contributed by atoms with Gasteiger partial charge in [-0.2, -0.15) is 0 Å². The van der Waals surface area contributed by atoms with Gasteiger partial charge in [0, 0.05) is 29.6 Å². The molecule has 2 aromatic carbocycles. The van der Waals surface area contributed by atoms with Gasteiger partial charge in [0.15, 0.2) is 0 Å². The molecule has 0 spiro atoms. The first-order chi connectivity index (χ1) is 16.5. The van der Waals surface area contributed by atoms with E-state index >= 15 is 0 Å². The molecule has 34 heavy (non-hydrogen) atoms. The number of nitro benzene ring substituents is 1. The molecule has 2 aromatic rings. The van der Waals surface area contributed by atoms with E-state index in [1.807, 2.05) is 0 Å². The summed E-state index contributed by atoms with van der Waals surface area (Å²) in [6, 6.07) is 10.3. The van der Waals surface area contributed by atoms with Crippen LogP contribution in [0.2, 0.25) is 0 Å². The van der Waals surface area contributed by atoms with Gasteiger partial charge in [0.25, 0.3) is 11.6 Å². The van der Waals surface area contributed by atoms with Crippen molar-refractivity contribution in [1.29, 1.82) is 0 Å². The molecule has 1 saturated carbocycles. The molecule has 0 radical (unpaired) electrons. The van der Waals surface area contributed by atoms with Gasteiger partial charge in [0.05, 0.1) is 9.82 Å². The van der Waals surface area contributed by atoms with Crippen LogP contribution < -0.4 is 5.32 Å². The summed E-state index contributed by atoms with van der Waals surface area (Å²) >= 11 is 1.17. The number of nitro groups is 1. The zero-order chi connectivity index (χ0) is 24.3. The predicted molar refractivity (Wildman–Crippen MR) is 134 cm³/mol. The second-order valence-electron chi connectivity index (χ2n) is 8.89. The predicted octanol–water partition coefficient (Wildman–Crippen LogP) is 6.30. The Labute approximate surface area is 205 Å². The van der Waals surface area contributed by atoms with Crippen LogP contribution in [0.4, 0.5) is 10.1 Å². The van der Waals surface area contributed by atoms with Crippen LogP contribution in [-0.2, 0) is 0 Å². The molecule has 0 aromatic heterocycles. The first-order valence-electron chi connectivity index (χ1n) is 12.2. The van der Waals surface area contributed by atoms with Gasteiger partial charge in [-0.05, 0) is 68.2 Å². The molecule has 0 heterocycles. The molecule has 0 unspecified atom stereocenters. The number of carbonyl (C=O) groups excluding carboxylic acids is 1. The molecule has 1 fully saturated rings. The number of halogens is 1. The van der Waals surface area contributed by atoms with E-state index in [1.54, 1.807) is 24.3 Å².